The van der Waals surface area contributed by atoms with Crippen LogP contribution in [0.3, 0.4) is 0 Å². The molecule has 0 atom stereocenters. The third kappa shape index (κ3) is 7.36. The molecule has 0 saturated heterocycles. The maximum Gasteiger partial charge on any atom is 0.324 e. The van der Waals surface area contributed by atoms with Crippen LogP contribution in [0.5, 0.6) is 0 Å². The number of carbonyl (C=O) groups excluding carboxylic acids is 1. The van der Waals surface area contributed by atoms with E-state index >= 15 is 0 Å². The van der Waals surface area contributed by atoms with Crippen molar-refractivity contribution in [2.24, 2.45) is 5.73 Å². The first-order valence-electron chi connectivity index (χ1n) is 9.49. The topological polar surface area (TPSA) is 104 Å². The SMILES string of the molecule is Cc1cccnc1CCCN(C(=N)N)C(=O)NCCOCCc1ccccc1. The minimum atomic E-state index is -0.378. The van der Waals surface area contributed by atoms with E-state index in [1.165, 1.54) is 10.5 Å². The van der Waals surface area contributed by atoms with Crippen LogP contribution in [0, 0.1) is 12.3 Å². The maximum absolute atomic E-state index is 12.3. The van der Waals surface area contributed by atoms with E-state index in [0.29, 0.717) is 32.7 Å². The van der Waals surface area contributed by atoms with Crippen molar-refractivity contribution in [1.82, 2.24) is 15.2 Å². The zero-order valence-corrected chi connectivity index (χ0v) is 16.4. The van der Waals surface area contributed by atoms with E-state index in [9.17, 15) is 4.79 Å². The summed E-state index contributed by atoms with van der Waals surface area (Å²) in [6.07, 6.45) is 4.00. The quantitative estimate of drug-likeness (QED) is 0.333. The third-order valence-electron chi connectivity index (χ3n) is 4.35. The summed E-state index contributed by atoms with van der Waals surface area (Å²) in [5.41, 5.74) is 8.90. The van der Waals surface area contributed by atoms with Crippen molar-refractivity contribution in [3.63, 3.8) is 0 Å². The molecule has 0 spiro atoms. The molecule has 7 nitrogen and oxygen atoms in total. The van der Waals surface area contributed by atoms with Gasteiger partial charge in [-0.25, -0.2) is 4.79 Å². The van der Waals surface area contributed by atoms with Crippen LogP contribution in [0.2, 0.25) is 0 Å². The van der Waals surface area contributed by atoms with Gasteiger partial charge in [0.1, 0.15) is 0 Å². The normalized spacial score (nSPS) is 10.5. The minimum absolute atomic E-state index is 0.264. The Labute approximate surface area is 166 Å². The molecule has 0 unspecified atom stereocenters. The minimum Gasteiger partial charge on any atom is -0.379 e. The first-order chi connectivity index (χ1) is 13.6. The molecule has 0 aliphatic carbocycles. The zero-order valence-electron chi connectivity index (χ0n) is 16.4. The van der Waals surface area contributed by atoms with Crippen LogP contribution in [0.15, 0.2) is 48.7 Å². The molecule has 0 aliphatic heterocycles. The Bertz CT molecular complexity index is 751. The first kappa shape index (κ1) is 21.4. The largest absolute Gasteiger partial charge is 0.379 e. The Morgan fingerprint density at radius 1 is 1.18 bits per heavy atom. The lowest BCUT2D eigenvalue weighted by Gasteiger charge is -2.21. The highest BCUT2D eigenvalue weighted by atomic mass is 16.5. The summed E-state index contributed by atoms with van der Waals surface area (Å²) >= 11 is 0. The standard InChI is InChI=1S/C21H29N5O2/c1-17-7-5-12-24-19(17)10-6-14-26(20(22)23)21(27)25-13-16-28-15-11-18-8-3-2-4-9-18/h2-5,7-9,12H,6,10-11,13-16H2,1H3,(H3,22,23)(H,25,27). The second-order valence-corrected chi connectivity index (χ2v) is 6.49. The van der Waals surface area contributed by atoms with E-state index in [1.807, 2.05) is 37.3 Å². The van der Waals surface area contributed by atoms with Crippen molar-refractivity contribution in [1.29, 1.82) is 5.41 Å². The molecule has 0 aliphatic rings. The molecular weight excluding hydrogens is 354 g/mol. The molecule has 1 aromatic heterocycles. The van der Waals surface area contributed by atoms with Gasteiger partial charge in [0.25, 0.3) is 0 Å². The summed E-state index contributed by atoms with van der Waals surface area (Å²) < 4.78 is 5.55. The van der Waals surface area contributed by atoms with Crippen LogP contribution < -0.4 is 11.1 Å². The number of nitrogens with two attached hydrogens (primary N) is 1. The third-order valence-corrected chi connectivity index (χ3v) is 4.35. The number of nitrogens with one attached hydrogen (secondary N) is 2. The van der Waals surface area contributed by atoms with Gasteiger partial charge in [0.15, 0.2) is 5.96 Å². The summed E-state index contributed by atoms with van der Waals surface area (Å²) in [6.45, 7) is 3.76. The second-order valence-electron chi connectivity index (χ2n) is 6.49. The van der Waals surface area contributed by atoms with E-state index in [1.54, 1.807) is 6.20 Å². The van der Waals surface area contributed by atoms with Gasteiger partial charge in [-0.1, -0.05) is 36.4 Å². The number of urea groups is 1. The molecule has 28 heavy (non-hydrogen) atoms. The molecule has 7 heteroatoms. The molecule has 2 amide bonds. The van der Waals surface area contributed by atoms with Crippen LogP contribution in [-0.4, -0.2) is 48.2 Å². The molecule has 2 aromatic rings. The van der Waals surface area contributed by atoms with Crippen LogP contribution >= 0.6 is 0 Å². The average Bonchev–Trinajstić information content (AvgIpc) is 2.69. The van der Waals surface area contributed by atoms with Gasteiger partial charge >= 0.3 is 6.03 Å². The van der Waals surface area contributed by atoms with Gasteiger partial charge < -0.3 is 15.8 Å². The molecule has 1 heterocycles. The monoisotopic (exact) mass is 383 g/mol. The lowest BCUT2D eigenvalue weighted by Crippen LogP contribution is -2.48. The van der Waals surface area contributed by atoms with Crippen LogP contribution in [0.4, 0.5) is 4.79 Å². The number of nitrogens with zero attached hydrogens (tertiary/aromatic N) is 2. The summed E-state index contributed by atoms with van der Waals surface area (Å²) in [6, 6.07) is 13.6. The fourth-order valence-electron chi connectivity index (χ4n) is 2.78. The van der Waals surface area contributed by atoms with Gasteiger partial charge in [0, 0.05) is 25.0 Å². The first-order valence-corrected chi connectivity index (χ1v) is 9.49. The molecule has 4 N–H and O–H groups in total. The molecule has 0 saturated carbocycles. The Kier molecular flexibility index (Phi) is 8.94. The number of benzene rings is 1. The number of guanidine groups is 1. The van der Waals surface area contributed by atoms with Crippen molar-refractivity contribution in [3.8, 4) is 0 Å². The molecule has 0 fully saturated rings. The molecule has 0 bridgehead atoms. The predicted molar refractivity (Wildman–Crippen MR) is 110 cm³/mol. The second kappa shape index (κ2) is 11.7. The fourth-order valence-corrected chi connectivity index (χ4v) is 2.78. The average molecular weight is 383 g/mol. The Balaban J connectivity index is 1.64. The molecule has 2 rings (SSSR count). The summed E-state index contributed by atoms with van der Waals surface area (Å²) in [5.74, 6) is -0.264. The van der Waals surface area contributed by atoms with Gasteiger partial charge in [-0.2, -0.15) is 0 Å². The summed E-state index contributed by atoms with van der Waals surface area (Å²) in [5, 5.41) is 10.4. The van der Waals surface area contributed by atoms with E-state index < -0.39 is 0 Å². The van der Waals surface area contributed by atoms with Crippen molar-refractivity contribution in [2.45, 2.75) is 26.2 Å². The summed E-state index contributed by atoms with van der Waals surface area (Å²) in [4.78, 5) is 17.9. The fraction of sp³-hybridized carbons (Fsp3) is 0.381. The highest BCUT2D eigenvalue weighted by Gasteiger charge is 2.15. The number of aryl methyl sites for hydroxylation is 2. The van der Waals surface area contributed by atoms with Crippen molar-refractivity contribution < 1.29 is 9.53 Å². The van der Waals surface area contributed by atoms with Crippen molar-refractivity contribution in [2.75, 3.05) is 26.3 Å². The number of aromatic nitrogens is 1. The highest BCUT2D eigenvalue weighted by Crippen LogP contribution is 2.07. The highest BCUT2D eigenvalue weighted by molar-refractivity contribution is 5.93. The number of amides is 2. The van der Waals surface area contributed by atoms with Gasteiger partial charge in [0.2, 0.25) is 0 Å². The smallest absolute Gasteiger partial charge is 0.324 e. The maximum atomic E-state index is 12.3. The molecule has 0 radical (unpaired) electrons. The Morgan fingerprint density at radius 2 is 1.96 bits per heavy atom. The van der Waals surface area contributed by atoms with E-state index in [2.05, 4.69) is 22.4 Å². The van der Waals surface area contributed by atoms with Crippen LogP contribution in [0.25, 0.3) is 0 Å². The number of carbonyl (C=O) groups is 1. The van der Waals surface area contributed by atoms with Gasteiger partial charge in [-0.05, 0) is 43.4 Å². The number of hydrogen-bond donors (Lipinski definition) is 3. The number of ether oxygens (including phenoxy) is 1. The van der Waals surface area contributed by atoms with Gasteiger partial charge in [-0.15, -0.1) is 0 Å². The van der Waals surface area contributed by atoms with Crippen molar-refractivity contribution in [3.05, 3.63) is 65.5 Å². The molecular formula is C21H29N5O2. The van der Waals surface area contributed by atoms with Gasteiger partial charge in [0.05, 0.1) is 13.2 Å². The molecule has 1 aromatic carbocycles. The van der Waals surface area contributed by atoms with E-state index in [0.717, 1.165) is 24.1 Å². The van der Waals surface area contributed by atoms with Crippen molar-refractivity contribution >= 4 is 12.0 Å². The Morgan fingerprint density at radius 3 is 2.68 bits per heavy atom. The Hall–Kier alpha value is -2.93. The van der Waals surface area contributed by atoms with Crippen LogP contribution in [0.1, 0.15) is 23.2 Å². The predicted octanol–water partition coefficient (Wildman–Crippen LogP) is 2.49. The lowest BCUT2D eigenvalue weighted by atomic mass is 10.1. The number of pyridine rings is 1. The summed E-state index contributed by atoms with van der Waals surface area (Å²) in [7, 11) is 0. The lowest BCUT2D eigenvalue weighted by molar-refractivity contribution is 0.138. The molecule has 150 valence electrons. The van der Waals surface area contributed by atoms with E-state index in [-0.39, 0.29) is 12.0 Å². The van der Waals surface area contributed by atoms with Gasteiger partial charge in [-0.3, -0.25) is 15.3 Å². The number of rotatable bonds is 10. The van der Waals surface area contributed by atoms with Crippen LogP contribution in [-0.2, 0) is 17.6 Å². The number of hydrogen-bond acceptors (Lipinski definition) is 4. The van der Waals surface area contributed by atoms with E-state index in [4.69, 9.17) is 15.9 Å². The zero-order chi connectivity index (χ0) is 20.2.